The molecule has 0 aliphatic rings. The third-order valence-corrected chi connectivity index (χ3v) is 3.13. The van der Waals surface area contributed by atoms with Crippen molar-refractivity contribution in [3.8, 4) is 16.9 Å². The van der Waals surface area contributed by atoms with Gasteiger partial charge in [0.25, 0.3) is 0 Å². The summed E-state index contributed by atoms with van der Waals surface area (Å²) in [5.74, 6) is 0.886. The fourth-order valence-electron chi connectivity index (χ4n) is 2.14. The summed E-state index contributed by atoms with van der Waals surface area (Å²) in [6, 6.07) is 10.0. The second-order valence-electron chi connectivity index (χ2n) is 4.77. The molecule has 0 aliphatic heterocycles. The Bertz CT molecular complexity index is 733. The molecule has 3 aromatic rings. The number of aryl methyl sites for hydroxylation is 1. The Hall–Kier alpha value is -2.36. The normalized spacial score (nSPS) is 10.9. The maximum atomic E-state index is 5.68. The molecule has 20 heavy (non-hydrogen) atoms. The third kappa shape index (κ3) is 2.37. The summed E-state index contributed by atoms with van der Waals surface area (Å²) in [7, 11) is 0. The first-order valence-electron chi connectivity index (χ1n) is 6.82. The van der Waals surface area contributed by atoms with Crippen molar-refractivity contribution in [2.45, 2.75) is 20.3 Å². The molecule has 0 saturated carbocycles. The van der Waals surface area contributed by atoms with Crippen LogP contribution in [0.25, 0.3) is 16.8 Å². The maximum absolute atomic E-state index is 5.68. The lowest BCUT2D eigenvalue weighted by atomic mass is 10.1. The van der Waals surface area contributed by atoms with Gasteiger partial charge in [0.1, 0.15) is 5.75 Å². The molecule has 102 valence electrons. The van der Waals surface area contributed by atoms with Gasteiger partial charge in [-0.2, -0.15) is 5.10 Å². The molecule has 4 nitrogen and oxygen atoms in total. The Morgan fingerprint density at radius 3 is 3.00 bits per heavy atom. The predicted octanol–water partition coefficient (Wildman–Crippen LogP) is 3.49. The Morgan fingerprint density at radius 2 is 2.15 bits per heavy atom. The van der Waals surface area contributed by atoms with Crippen LogP contribution in [-0.4, -0.2) is 21.2 Å². The Labute approximate surface area is 118 Å². The van der Waals surface area contributed by atoms with Crippen LogP contribution in [0.3, 0.4) is 0 Å². The van der Waals surface area contributed by atoms with Crippen LogP contribution in [0.5, 0.6) is 5.75 Å². The van der Waals surface area contributed by atoms with E-state index in [0.717, 1.165) is 41.2 Å². The van der Waals surface area contributed by atoms with E-state index in [9.17, 15) is 0 Å². The summed E-state index contributed by atoms with van der Waals surface area (Å²) in [6.07, 6.45) is 4.78. The Kier molecular flexibility index (Phi) is 3.37. The fraction of sp³-hybridized carbons (Fsp3) is 0.250. The predicted molar refractivity (Wildman–Crippen MR) is 78.9 cm³/mol. The van der Waals surface area contributed by atoms with Crippen molar-refractivity contribution >= 4 is 5.65 Å². The molecule has 4 heteroatoms. The number of fused-ring (bicyclic) bond motifs is 1. The molecule has 0 fully saturated rings. The van der Waals surface area contributed by atoms with Gasteiger partial charge in [-0.3, -0.25) is 0 Å². The molecule has 1 aromatic carbocycles. The van der Waals surface area contributed by atoms with Gasteiger partial charge in [-0.15, -0.1) is 0 Å². The van der Waals surface area contributed by atoms with Crippen LogP contribution >= 0.6 is 0 Å². The van der Waals surface area contributed by atoms with Crippen LogP contribution < -0.4 is 4.74 Å². The van der Waals surface area contributed by atoms with Gasteiger partial charge in [-0.25, -0.2) is 9.50 Å². The summed E-state index contributed by atoms with van der Waals surface area (Å²) >= 11 is 0. The number of rotatable bonds is 4. The van der Waals surface area contributed by atoms with Crippen molar-refractivity contribution in [2.24, 2.45) is 0 Å². The first kappa shape index (κ1) is 12.7. The number of nitrogens with zero attached hydrogens (tertiary/aromatic N) is 3. The summed E-state index contributed by atoms with van der Waals surface area (Å²) in [6.45, 7) is 4.81. The van der Waals surface area contributed by atoms with Gasteiger partial charge in [0.15, 0.2) is 5.65 Å². The number of benzene rings is 1. The first-order chi connectivity index (χ1) is 9.78. The molecule has 0 atom stereocenters. The highest BCUT2D eigenvalue weighted by molar-refractivity contribution is 5.77. The van der Waals surface area contributed by atoms with E-state index in [2.05, 4.69) is 23.1 Å². The smallest absolute Gasteiger partial charge is 0.163 e. The Balaban J connectivity index is 2.04. The third-order valence-electron chi connectivity index (χ3n) is 3.13. The second-order valence-corrected chi connectivity index (χ2v) is 4.77. The van der Waals surface area contributed by atoms with Gasteiger partial charge in [-0.05, 0) is 37.1 Å². The zero-order valence-electron chi connectivity index (χ0n) is 11.7. The lowest BCUT2D eigenvalue weighted by Gasteiger charge is -2.06. The number of aromatic nitrogens is 3. The Morgan fingerprint density at radius 1 is 1.25 bits per heavy atom. The molecule has 0 spiro atoms. The molecule has 0 N–H and O–H groups in total. The summed E-state index contributed by atoms with van der Waals surface area (Å²) in [4.78, 5) is 4.56. The van der Waals surface area contributed by atoms with E-state index in [-0.39, 0.29) is 0 Å². The van der Waals surface area contributed by atoms with Crippen LogP contribution in [0.4, 0.5) is 0 Å². The summed E-state index contributed by atoms with van der Waals surface area (Å²) in [5.41, 5.74) is 3.96. The highest BCUT2D eigenvalue weighted by Crippen LogP contribution is 2.26. The molecule has 2 aromatic heterocycles. The molecule has 2 heterocycles. The second kappa shape index (κ2) is 5.33. The average molecular weight is 267 g/mol. The molecule has 0 saturated heterocycles. The monoisotopic (exact) mass is 267 g/mol. The first-order valence-corrected chi connectivity index (χ1v) is 6.82. The van der Waals surface area contributed by atoms with Gasteiger partial charge >= 0.3 is 0 Å². The van der Waals surface area contributed by atoms with Gasteiger partial charge in [-0.1, -0.05) is 19.1 Å². The molecule has 0 radical (unpaired) electrons. The molecular weight excluding hydrogens is 250 g/mol. The summed E-state index contributed by atoms with van der Waals surface area (Å²) in [5, 5.41) is 4.34. The number of hydrogen-bond acceptors (Lipinski definition) is 3. The van der Waals surface area contributed by atoms with E-state index >= 15 is 0 Å². The number of ether oxygens (including phenoxy) is 1. The minimum absolute atomic E-state index is 0.732. The molecule has 0 bridgehead atoms. The van der Waals surface area contributed by atoms with E-state index in [1.807, 2.05) is 43.6 Å². The fourth-order valence-corrected chi connectivity index (χ4v) is 2.14. The average Bonchev–Trinajstić information content (AvgIpc) is 2.88. The van der Waals surface area contributed by atoms with Crippen molar-refractivity contribution in [1.29, 1.82) is 0 Å². The maximum Gasteiger partial charge on any atom is 0.163 e. The van der Waals surface area contributed by atoms with Crippen molar-refractivity contribution < 1.29 is 4.74 Å². The standard InChI is InChI=1S/C16H17N3O/c1-3-9-20-14-6-4-5-13(10-14)15-11-17-19-8-7-12(2)18-16(15)19/h4-8,10-11H,3,9H2,1-2H3. The van der Waals surface area contributed by atoms with Crippen molar-refractivity contribution in [2.75, 3.05) is 6.61 Å². The largest absolute Gasteiger partial charge is 0.494 e. The van der Waals surface area contributed by atoms with Crippen LogP contribution in [-0.2, 0) is 0 Å². The van der Waals surface area contributed by atoms with E-state index in [0.29, 0.717) is 0 Å². The number of hydrogen-bond donors (Lipinski definition) is 0. The van der Waals surface area contributed by atoms with E-state index < -0.39 is 0 Å². The van der Waals surface area contributed by atoms with Crippen LogP contribution in [0.2, 0.25) is 0 Å². The van der Waals surface area contributed by atoms with Gasteiger partial charge < -0.3 is 4.74 Å². The van der Waals surface area contributed by atoms with Crippen LogP contribution in [0.15, 0.2) is 42.7 Å². The van der Waals surface area contributed by atoms with E-state index in [4.69, 9.17) is 4.74 Å². The van der Waals surface area contributed by atoms with Gasteiger partial charge in [0.2, 0.25) is 0 Å². The highest BCUT2D eigenvalue weighted by Gasteiger charge is 2.09. The SMILES string of the molecule is CCCOc1cccc(-c2cnn3ccc(C)nc23)c1. The van der Waals surface area contributed by atoms with Gasteiger partial charge in [0.05, 0.1) is 12.8 Å². The highest BCUT2D eigenvalue weighted by atomic mass is 16.5. The van der Waals surface area contributed by atoms with Gasteiger partial charge in [0, 0.05) is 17.5 Å². The quantitative estimate of drug-likeness (QED) is 0.726. The molecule has 0 amide bonds. The van der Waals surface area contributed by atoms with Crippen molar-refractivity contribution in [3.63, 3.8) is 0 Å². The lowest BCUT2D eigenvalue weighted by Crippen LogP contribution is -1.95. The van der Waals surface area contributed by atoms with Crippen LogP contribution in [0, 0.1) is 6.92 Å². The molecule has 0 unspecified atom stereocenters. The summed E-state index contributed by atoms with van der Waals surface area (Å²) < 4.78 is 7.48. The van der Waals surface area contributed by atoms with E-state index in [1.165, 1.54) is 0 Å². The topological polar surface area (TPSA) is 39.4 Å². The van der Waals surface area contributed by atoms with Crippen LogP contribution in [0.1, 0.15) is 19.0 Å². The molecular formula is C16H17N3O. The van der Waals surface area contributed by atoms with E-state index in [1.54, 1.807) is 4.52 Å². The minimum Gasteiger partial charge on any atom is -0.494 e. The lowest BCUT2D eigenvalue weighted by molar-refractivity contribution is 0.317. The van der Waals surface area contributed by atoms with Crippen molar-refractivity contribution in [1.82, 2.24) is 14.6 Å². The molecule has 3 rings (SSSR count). The zero-order valence-corrected chi connectivity index (χ0v) is 11.7. The molecule has 0 aliphatic carbocycles. The minimum atomic E-state index is 0.732. The zero-order chi connectivity index (χ0) is 13.9. The van der Waals surface area contributed by atoms with Crippen molar-refractivity contribution in [3.05, 3.63) is 48.4 Å².